The van der Waals surface area contributed by atoms with Crippen molar-refractivity contribution in [2.24, 2.45) is 5.73 Å². The van der Waals surface area contributed by atoms with Crippen LogP contribution in [0, 0.1) is 6.92 Å². The van der Waals surface area contributed by atoms with Crippen molar-refractivity contribution in [2.45, 2.75) is 19.9 Å². The maximum absolute atomic E-state index is 11.3. The van der Waals surface area contributed by atoms with E-state index in [1.807, 2.05) is 37.1 Å². The van der Waals surface area contributed by atoms with Crippen LogP contribution in [0.25, 0.3) is 0 Å². The van der Waals surface area contributed by atoms with Gasteiger partial charge in [-0.05, 0) is 25.1 Å². The standard InChI is InChI=1S/C13H21N3O/c1-4-15-11(13(14)17)9-16(3)12-8-6-5-7-10(12)2/h5-8,11,15H,4,9H2,1-3H3,(H2,14,17). The molecule has 17 heavy (non-hydrogen) atoms. The largest absolute Gasteiger partial charge is 0.372 e. The second kappa shape index (κ2) is 6.25. The van der Waals surface area contributed by atoms with Crippen molar-refractivity contribution in [3.05, 3.63) is 29.8 Å². The Kier molecular flexibility index (Phi) is 4.97. The van der Waals surface area contributed by atoms with Gasteiger partial charge in [-0.3, -0.25) is 4.79 Å². The van der Waals surface area contributed by atoms with Gasteiger partial charge in [0.05, 0.1) is 0 Å². The van der Waals surface area contributed by atoms with Crippen LogP contribution in [0.1, 0.15) is 12.5 Å². The summed E-state index contributed by atoms with van der Waals surface area (Å²) in [6.45, 7) is 5.32. The molecule has 94 valence electrons. The lowest BCUT2D eigenvalue weighted by molar-refractivity contribution is -0.119. The molecule has 1 atom stereocenters. The molecule has 1 unspecified atom stereocenters. The Bertz CT molecular complexity index is 379. The maximum atomic E-state index is 11.3. The van der Waals surface area contributed by atoms with E-state index in [2.05, 4.69) is 18.3 Å². The van der Waals surface area contributed by atoms with Gasteiger partial charge in [0, 0.05) is 19.3 Å². The number of primary amides is 1. The SMILES string of the molecule is CCNC(CN(C)c1ccccc1C)C(N)=O. The highest BCUT2D eigenvalue weighted by molar-refractivity contribution is 5.80. The average molecular weight is 235 g/mol. The molecular formula is C13H21N3O. The number of aryl methyl sites for hydroxylation is 1. The fraction of sp³-hybridized carbons (Fsp3) is 0.462. The highest BCUT2D eigenvalue weighted by atomic mass is 16.1. The van der Waals surface area contributed by atoms with E-state index in [0.717, 1.165) is 12.2 Å². The van der Waals surface area contributed by atoms with Crippen molar-refractivity contribution in [3.8, 4) is 0 Å². The molecule has 1 amide bonds. The average Bonchev–Trinajstić information content (AvgIpc) is 2.28. The second-order valence-corrected chi connectivity index (χ2v) is 4.18. The Balaban J connectivity index is 2.73. The third-order valence-corrected chi connectivity index (χ3v) is 2.78. The third-order valence-electron chi connectivity index (χ3n) is 2.78. The van der Waals surface area contributed by atoms with E-state index in [-0.39, 0.29) is 11.9 Å². The van der Waals surface area contributed by atoms with Crippen molar-refractivity contribution < 1.29 is 4.79 Å². The molecule has 0 aliphatic heterocycles. The van der Waals surface area contributed by atoms with Gasteiger partial charge in [-0.15, -0.1) is 0 Å². The fourth-order valence-electron chi connectivity index (χ4n) is 1.87. The zero-order chi connectivity index (χ0) is 12.8. The molecule has 1 aromatic rings. The number of nitrogens with two attached hydrogens (primary N) is 1. The van der Waals surface area contributed by atoms with Gasteiger partial charge in [-0.1, -0.05) is 25.1 Å². The summed E-state index contributed by atoms with van der Waals surface area (Å²) in [4.78, 5) is 13.3. The lowest BCUT2D eigenvalue weighted by Gasteiger charge is -2.25. The van der Waals surface area contributed by atoms with Gasteiger partial charge in [0.25, 0.3) is 0 Å². The molecule has 0 heterocycles. The predicted octanol–water partition coefficient (Wildman–Crippen LogP) is 0.895. The minimum atomic E-state index is -0.315. The molecule has 0 fully saturated rings. The number of anilines is 1. The molecule has 0 bridgehead atoms. The van der Waals surface area contributed by atoms with Gasteiger partial charge in [0.2, 0.25) is 5.91 Å². The first-order valence-electron chi connectivity index (χ1n) is 5.85. The summed E-state index contributed by atoms with van der Waals surface area (Å²) >= 11 is 0. The Morgan fingerprint density at radius 1 is 1.47 bits per heavy atom. The van der Waals surface area contributed by atoms with Crippen LogP contribution in [0.2, 0.25) is 0 Å². The first-order chi connectivity index (χ1) is 8.06. The number of carbonyl (C=O) groups excluding carboxylic acids is 1. The maximum Gasteiger partial charge on any atom is 0.236 e. The third kappa shape index (κ3) is 3.75. The van der Waals surface area contributed by atoms with Crippen molar-refractivity contribution in [3.63, 3.8) is 0 Å². The van der Waals surface area contributed by atoms with Crippen molar-refractivity contribution in [1.82, 2.24) is 5.32 Å². The number of nitrogens with zero attached hydrogens (tertiary/aromatic N) is 1. The van der Waals surface area contributed by atoms with E-state index < -0.39 is 0 Å². The molecule has 0 saturated carbocycles. The number of para-hydroxylation sites is 1. The van der Waals surface area contributed by atoms with Gasteiger partial charge in [0.15, 0.2) is 0 Å². The smallest absolute Gasteiger partial charge is 0.236 e. The highest BCUT2D eigenvalue weighted by Gasteiger charge is 2.16. The van der Waals surface area contributed by atoms with E-state index in [1.165, 1.54) is 5.56 Å². The molecule has 0 aliphatic carbocycles. The number of nitrogens with one attached hydrogen (secondary N) is 1. The van der Waals surface area contributed by atoms with Crippen molar-refractivity contribution in [1.29, 1.82) is 0 Å². The van der Waals surface area contributed by atoms with Crippen LogP contribution >= 0.6 is 0 Å². The van der Waals surface area contributed by atoms with E-state index in [0.29, 0.717) is 6.54 Å². The van der Waals surface area contributed by atoms with E-state index in [4.69, 9.17) is 5.73 Å². The second-order valence-electron chi connectivity index (χ2n) is 4.18. The number of likely N-dealkylation sites (N-methyl/N-ethyl adjacent to an activating group) is 2. The first kappa shape index (κ1) is 13.5. The van der Waals surface area contributed by atoms with Gasteiger partial charge >= 0.3 is 0 Å². The molecule has 0 aromatic heterocycles. The molecular weight excluding hydrogens is 214 g/mol. The Labute approximate surface area is 103 Å². The molecule has 4 heteroatoms. The number of hydrogen-bond donors (Lipinski definition) is 2. The van der Waals surface area contributed by atoms with Gasteiger partial charge < -0.3 is 16.0 Å². The summed E-state index contributed by atoms with van der Waals surface area (Å²) in [5.41, 5.74) is 7.67. The van der Waals surface area contributed by atoms with Crippen LogP contribution in [0.4, 0.5) is 5.69 Å². The van der Waals surface area contributed by atoms with Crippen LogP contribution in [0.3, 0.4) is 0 Å². The van der Waals surface area contributed by atoms with Gasteiger partial charge in [0.1, 0.15) is 6.04 Å². The van der Waals surface area contributed by atoms with Crippen LogP contribution in [0.5, 0.6) is 0 Å². The molecule has 0 saturated heterocycles. The lowest BCUT2D eigenvalue weighted by atomic mass is 10.1. The summed E-state index contributed by atoms with van der Waals surface area (Å²) in [6.07, 6.45) is 0. The molecule has 1 rings (SSSR count). The van der Waals surface area contributed by atoms with Gasteiger partial charge in [-0.25, -0.2) is 0 Å². The number of carbonyl (C=O) groups is 1. The summed E-state index contributed by atoms with van der Waals surface area (Å²) < 4.78 is 0. The Morgan fingerprint density at radius 2 is 2.12 bits per heavy atom. The molecule has 0 aliphatic rings. The van der Waals surface area contributed by atoms with Crippen molar-refractivity contribution >= 4 is 11.6 Å². The zero-order valence-electron chi connectivity index (χ0n) is 10.7. The number of amides is 1. The van der Waals surface area contributed by atoms with Crippen LogP contribution < -0.4 is 16.0 Å². The zero-order valence-corrected chi connectivity index (χ0v) is 10.7. The Hall–Kier alpha value is -1.55. The summed E-state index contributed by atoms with van der Waals surface area (Å²) in [5, 5.41) is 3.09. The fourth-order valence-corrected chi connectivity index (χ4v) is 1.87. The number of rotatable bonds is 6. The lowest BCUT2D eigenvalue weighted by Crippen LogP contribution is -2.48. The molecule has 1 aromatic carbocycles. The minimum Gasteiger partial charge on any atom is -0.372 e. The molecule has 3 N–H and O–H groups in total. The van der Waals surface area contributed by atoms with Crippen molar-refractivity contribution in [2.75, 3.05) is 25.0 Å². The summed E-state index contributed by atoms with van der Waals surface area (Å²) in [5.74, 6) is -0.313. The topological polar surface area (TPSA) is 58.4 Å². The molecule has 0 radical (unpaired) electrons. The number of benzene rings is 1. The molecule has 0 spiro atoms. The minimum absolute atomic E-state index is 0.313. The predicted molar refractivity (Wildman–Crippen MR) is 71.1 cm³/mol. The van der Waals surface area contributed by atoms with E-state index in [9.17, 15) is 4.79 Å². The van der Waals surface area contributed by atoms with E-state index in [1.54, 1.807) is 0 Å². The normalized spacial score (nSPS) is 12.2. The summed E-state index contributed by atoms with van der Waals surface area (Å²) in [7, 11) is 1.97. The van der Waals surface area contributed by atoms with E-state index >= 15 is 0 Å². The molecule has 4 nitrogen and oxygen atoms in total. The number of hydrogen-bond acceptors (Lipinski definition) is 3. The van der Waals surface area contributed by atoms with Gasteiger partial charge in [-0.2, -0.15) is 0 Å². The van der Waals surface area contributed by atoms with Crippen LogP contribution in [-0.4, -0.2) is 32.1 Å². The van der Waals surface area contributed by atoms with Crippen LogP contribution in [-0.2, 0) is 4.79 Å². The quantitative estimate of drug-likeness (QED) is 0.770. The monoisotopic (exact) mass is 235 g/mol. The Morgan fingerprint density at radius 3 is 2.65 bits per heavy atom. The summed E-state index contributed by atoms with van der Waals surface area (Å²) in [6, 6.07) is 7.77. The first-order valence-corrected chi connectivity index (χ1v) is 5.85. The van der Waals surface area contributed by atoms with Crippen LogP contribution in [0.15, 0.2) is 24.3 Å². The highest BCUT2D eigenvalue weighted by Crippen LogP contribution is 2.17.